The SMILES string of the molecule is CC1CCN(c2ccc([C@H](C)NC(=O)c3ccc(N4CCOCC4)cc3)cc2)CC1. The quantitative estimate of drug-likeness (QED) is 0.805. The minimum absolute atomic E-state index is 0.0353. The third-order valence-corrected chi connectivity index (χ3v) is 6.40. The van der Waals surface area contributed by atoms with E-state index < -0.39 is 0 Å². The zero-order chi connectivity index (χ0) is 20.9. The van der Waals surface area contributed by atoms with Crippen LogP contribution in [0.2, 0.25) is 0 Å². The highest BCUT2D eigenvalue weighted by Crippen LogP contribution is 2.25. The summed E-state index contributed by atoms with van der Waals surface area (Å²) in [5, 5.41) is 3.13. The van der Waals surface area contributed by atoms with Crippen LogP contribution in [0.5, 0.6) is 0 Å². The fourth-order valence-corrected chi connectivity index (χ4v) is 4.25. The lowest BCUT2D eigenvalue weighted by Crippen LogP contribution is -2.36. The first-order valence-corrected chi connectivity index (χ1v) is 11.2. The number of anilines is 2. The number of carbonyl (C=O) groups excluding carboxylic acids is 1. The van der Waals surface area contributed by atoms with Gasteiger partial charge < -0.3 is 19.9 Å². The highest BCUT2D eigenvalue weighted by molar-refractivity contribution is 5.94. The van der Waals surface area contributed by atoms with Crippen LogP contribution >= 0.6 is 0 Å². The average Bonchev–Trinajstić information content (AvgIpc) is 2.80. The molecule has 0 aromatic heterocycles. The Balaban J connectivity index is 1.33. The van der Waals surface area contributed by atoms with Gasteiger partial charge in [0.15, 0.2) is 0 Å². The Hall–Kier alpha value is -2.53. The summed E-state index contributed by atoms with van der Waals surface area (Å²) in [5.41, 5.74) is 4.24. The lowest BCUT2D eigenvalue weighted by Gasteiger charge is -2.32. The van der Waals surface area contributed by atoms with E-state index in [4.69, 9.17) is 4.74 Å². The molecule has 0 spiro atoms. The number of amides is 1. The molecule has 2 fully saturated rings. The molecule has 2 heterocycles. The van der Waals surface area contributed by atoms with Crippen molar-refractivity contribution in [1.82, 2.24) is 5.32 Å². The van der Waals surface area contributed by atoms with Crippen LogP contribution in [0.1, 0.15) is 48.7 Å². The Labute approximate surface area is 180 Å². The van der Waals surface area contributed by atoms with Gasteiger partial charge in [-0.25, -0.2) is 0 Å². The van der Waals surface area contributed by atoms with Crippen LogP contribution in [0.25, 0.3) is 0 Å². The second-order valence-corrected chi connectivity index (χ2v) is 8.60. The lowest BCUT2D eigenvalue weighted by molar-refractivity contribution is 0.0940. The van der Waals surface area contributed by atoms with Crippen LogP contribution in [-0.4, -0.2) is 45.3 Å². The minimum Gasteiger partial charge on any atom is -0.378 e. The summed E-state index contributed by atoms with van der Waals surface area (Å²) in [6.45, 7) is 9.95. The number of nitrogens with zero attached hydrogens (tertiary/aromatic N) is 2. The normalized spacial score (nSPS) is 18.9. The number of rotatable bonds is 5. The van der Waals surface area contributed by atoms with Gasteiger partial charge in [0.2, 0.25) is 0 Å². The van der Waals surface area contributed by atoms with E-state index in [-0.39, 0.29) is 11.9 Å². The molecule has 0 aliphatic carbocycles. The number of benzene rings is 2. The molecule has 2 aromatic carbocycles. The lowest BCUT2D eigenvalue weighted by atomic mass is 9.98. The summed E-state index contributed by atoms with van der Waals surface area (Å²) >= 11 is 0. The molecule has 30 heavy (non-hydrogen) atoms. The molecule has 2 aromatic rings. The van der Waals surface area contributed by atoms with Crippen molar-refractivity contribution in [2.24, 2.45) is 5.92 Å². The van der Waals surface area contributed by atoms with Crippen molar-refractivity contribution in [2.45, 2.75) is 32.7 Å². The van der Waals surface area contributed by atoms with E-state index in [9.17, 15) is 4.79 Å². The van der Waals surface area contributed by atoms with E-state index >= 15 is 0 Å². The third kappa shape index (κ3) is 4.96. The van der Waals surface area contributed by atoms with Crippen LogP contribution in [0.3, 0.4) is 0 Å². The maximum Gasteiger partial charge on any atom is 0.251 e. The van der Waals surface area contributed by atoms with Crippen molar-refractivity contribution >= 4 is 17.3 Å². The number of piperidine rings is 1. The third-order valence-electron chi connectivity index (χ3n) is 6.40. The summed E-state index contributed by atoms with van der Waals surface area (Å²) in [7, 11) is 0. The summed E-state index contributed by atoms with van der Waals surface area (Å²) < 4.78 is 5.41. The average molecular weight is 408 g/mol. The molecule has 0 radical (unpaired) electrons. The molecular weight excluding hydrogens is 374 g/mol. The standard InChI is InChI=1S/C25H33N3O2/c1-19-11-13-27(14-12-19)23-7-3-21(4-8-23)20(2)26-25(29)22-5-9-24(10-6-22)28-15-17-30-18-16-28/h3-10,19-20H,11-18H2,1-2H3,(H,26,29)/t20-/m0/s1. The molecule has 0 bridgehead atoms. The molecule has 4 rings (SSSR count). The van der Waals surface area contributed by atoms with Gasteiger partial charge in [-0.15, -0.1) is 0 Å². The van der Waals surface area contributed by atoms with Gasteiger partial charge in [-0.05, 0) is 67.6 Å². The summed E-state index contributed by atoms with van der Waals surface area (Å²) in [6.07, 6.45) is 2.52. The first-order chi connectivity index (χ1) is 14.6. The van der Waals surface area contributed by atoms with Crippen LogP contribution < -0.4 is 15.1 Å². The molecule has 5 heteroatoms. The van der Waals surface area contributed by atoms with Crippen molar-refractivity contribution in [3.05, 3.63) is 59.7 Å². The van der Waals surface area contributed by atoms with E-state index in [2.05, 4.69) is 46.3 Å². The monoisotopic (exact) mass is 407 g/mol. The molecule has 5 nitrogen and oxygen atoms in total. The van der Waals surface area contributed by atoms with Gasteiger partial charge in [0.1, 0.15) is 0 Å². The van der Waals surface area contributed by atoms with Gasteiger partial charge in [-0.1, -0.05) is 19.1 Å². The van der Waals surface area contributed by atoms with Gasteiger partial charge in [0.25, 0.3) is 5.91 Å². The van der Waals surface area contributed by atoms with Crippen LogP contribution in [0, 0.1) is 5.92 Å². The first-order valence-electron chi connectivity index (χ1n) is 11.2. The maximum absolute atomic E-state index is 12.7. The number of nitrogens with one attached hydrogen (secondary N) is 1. The molecule has 2 aliphatic rings. The first kappa shape index (κ1) is 20.7. The van der Waals surface area contributed by atoms with Crippen molar-refractivity contribution in [2.75, 3.05) is 49.2 Å². The van der Waals surface area contributed by atoms with Gasteiger partial charge in [0.05, 0.1) is 19.3 Å². The largest absolute Gasteiger partial charge is 0.378 e. The molecule has 2 aliphatic heterocycles. The Morgan fingerprint density at radius 1 is 0.900 bits per heavy atom. The van der Waals surface area contributed by atoms with Crippen molar-refractivity contribution < 1.29 is 9.53 Å². The minimum atomic E-state index is -0.0369. The van der Waals surface area contributed by atoms with Crippen molar-refractivity contribution in [1.29, 1.82) is 0 Å². The van der Waals surface area contributed by atoms with E-state index in [0.717, 1.165) is 56.6 Å². The predicted octanol–water partition coefficient (Wildman–Crippen LogP) is 4.25. The second kappa shape index (κ2) is 9.52. The second-order valence-electron chi connectivity index (χ2n) is 8.60. The fourth-order valence-electron chi connectivity index (χ4n) is 4.25. The van der Waals surface area contributed by atoms with Crippen LogP contribution in [0.4, 0.5) is 11.4 Å². The molecule has 1 atom stereocenters. The topological polar surface area (TPSA) is 44.8 Å². The highest BCUT2D eigenvalue weighted by Gasteiger charge is 2.17. The Bertz CT molecular complexity index is 820. The number of morpholine rings is 1. The van der Waals surface area contributed by atoms with E-state index in [0.29, 0.717) is 5.56 Å². The van der Waals surface area contributed by atoms with E-state index in [1.807, 2.05) is 31.2 Å². The van der Waals surface area contributed by atoms with Crippen LogP contribution in [-0.2, 0) is 4.74 Å². The molecule has 160 valence electrons. The fraction of sp³-hybridized carbons (Fsp3) is 0.480. The Kier molecular flexibility index (Phi) is 6.58. The zero-order valence-electron chi connectivity index (χ0n) is 18.1. The highest BCUT2D eigenvalue weighted by atomic mass is 16.5. The Morgan fingerprint density at radius 2 is 1.43 bits per heavy atom. The number of hydrogen-bond donors (Lipinski definition) is 1. The van der Waals surface area contributed by atoms with Crippen LogP contribution in [0.15, 0.2) is 48.5 Å². The number of carbonyl (C=O) groups is 1. The van der Waals surface area contributed by atoms with Gasteiger partial charge in [0, 0.05) is 43.1 Å². The number of hydrogen-bond acceptors (Lipinski definition) is 4. The van der Waals surface area contributed by atoms with Gasteiger partial charge in [-0.3, -0.25) is 4.79 Å². The summed E-state index contributed by atoms with van der Waals surface area (Å²) in [6, 6.07) is 16.5. The molecular formula is C25H33N3O2. The molecule has 0 unspecified atom stereocenters. The van der Waals surface area contributed by atoms with E-state index in [1.165, 1.54) is 18.5 Å². The maximum atomic E-state index is 12.7. The van der Waals surface area contributed by atoms with Gasteiger partial charge >= 0.3 is 0 Å². The Morgan fingerprint density at radius 3 is 2.03 bits per heavy atom. The molecule has 2 saturated heterocycles. The van der Waals surface area contributed by atoms with Gasteiger partial charge in [-0.2, -0.15) is 0 Å². The summed E-state index contributed by atoms with van der Waals surface area (Å²) in [5.74, 6) is 0.795. The van der Waals surface area contributed by atoms with Crippen molar-refractivity contribution in [3.63, 3.8) is 0 Å². The number of ether oxygens (including phenoxy) is 1. The molecule has 1 amide bonds. The van der Waals surface area contributed by atoms with E-state index in [1.54, 1.807) is 0 Å². The molecule has 1 N–H and O–H groups in total. The zero-order valence-corrected chi connectivity index (χ0v) is 18.1. The predicted molar refractivity (Wildman–Crippen MR) is 122 cm³/mol. The summed E-state index contributed by atoms with van der Waals surface area (Å²) in [4.78, 5) is 17.5. The van der Waals surface area contributed by atoms with Crippen molar-refractivity contribution in [3.8, 4) is 0 Å². The molecule has 0 saturated carbocycles. The smallest absolute Gasteiger partial charge is 0.251 e.